The molecule has 82 valence electrons. The van der Waals surface area contributed by atoms with Crippen molar-refractivity contribution in [1.82, 2.24) is 10.3 Å². The number of nitrogens with two attached hydrogens (primary N) is 1. The van der Waals surface area contributed by atoms with Gasteiger partial charge in [0.25, 0.3) is 0 Å². The quantitative estimate of drug-likeness (QED) is 0.398. The Bertz CT molecular complexity index is 184. The molecule has 1 amide bonds. The molecule has 1 aliphatic rings. The van der Waals surface area contributed by atoms with Gasteiger partial charge < -0.3 is 4.90 Å². The van der Waals surface area contributed by atoms with Gasteiger partial charge in [-0.1, -0.05) is 12.8 Å². The smallest absolute Gasteiger partial charge is 0.235 e. The van der Waals surface area contributed by atoms with Crippen LogP contribution in [0.3, 0.4) is 0 Å². The van der Waals surface area contributed by atoms with E-state index in [-0.39, 0.29) is 5.91 Å². The van der Waals surface area contributed by atoms with Crippen molar-refractivity contribution in [2.75, 3.05) is 13.1 Å². The summed E-state index contributed by atoms with van der Waals surface area (Å²) < 4.78 is 0. The summed E-state index contributed by atoms with van der Waals surface area (Å²) in [6.07, 6.45) is 5.67. The van der Waals surface area contributed by atoms with Gasteiger partial charge in [0.05, 0.1) is 0 Å². The van der Waals surface area contributed by atoms with Crippen molar-refractivity contribution < 1.29 is 4.79 Å². The largest absolute Gasteiger partial charge is 0.300 e. The van der Waals surface area contributed by atoms with Gasteiger partial charge in [-0.2, -0.15) is 0 Å². The van der Waals surface area contributed by atoms with Crippen LogP contribution >= 0.6 is 0 Å². The van der Waals surface area contributed by atoms with Crippen molar-refractivity contribution in [3.63, 3.8) is 0 Å². The van der Waals surface area contributed by atoms with E-state index in [0.717, 1.165) is 13.1 Å². The van der Waals surface area contributed by atoms with Crippen LogP contribution in [0.4, 0.5) is 0 Å². The molecule has 0 aromatic heterocycles. The van der Waals surface area contributed by atoms with Gasteiger partial charge in [0, 0.05) is 19.0 Å². The maximum absolute atomic E-state index is 11.0. The van der Waals surface area contributed by atoms with Crippen LogP contribution in [0.25, 0.3) is 0 Å². The first-order valence-electron chi connectivity index (χ1n) is 5.47. The fourth-order valence-electron chi connectivity index (χ4n) is 1.98. The normalized spacial score (nSPS) is 24.3. The van der Waals surface area contributed by atoms with E-state index in [2.05, 4.69) is 17.2 Å². The third-order valence-corrected chi connectivity index (χ3v) is 2.98. The van der Waals surface area contributed by atoms with Gasteiger partial charge in [-0.05, 0) is 26.3 Å². The lowest BCUT2D eigenvalue weighted by atomic mass is 10.1. The molecule has 0 radical (unpaired) electrons. The van der Waals surface area contributed by atoms with E-state index >= 15 is 0 Å². The molecule has 1 atom stereocenters. The van der Waals surface area contributed by atoms with Gasteiger partial charge in [-0.25, -0.2) is 5.84 Å². The first-order chi connectivity index (χ1) is 6.74. The van der Waals surface area contributed by atoms with Crippen molar-refractivity contribution in [1.29, 1.82) is 0 Å². The molecular weight excluding hydrogens is 178 g/mol. The van der Waals surface area contributed by atoms with Crippen LogP contribution in [0, 0.1) is 0 Å². The third-order valence-electron chi connectivity index (χ3n) is 2.98. The second-order valence-corrected chi connectivity index (χ2v) is 4.05. The zero-order valence-corrected chi connectivity index (χ0v) is 8.96. The topological polar surface area (TPSA) is 58.4 Å². The standard InChI is InChI=1S/C10H21N3O/c1-9-5-3-2-4-7-13(9)8-6-10(14)12-11/h9H,2-8,11H2,1H3,(H,12,14). The number of likely N-dealkylation sites (tertiary alicyclic amines) is 1. The van der Waals surface area contributed by atoms with E-state index < -0.39 is 0 Å². The molecule has 0 saturated carbocycles. The number of amides is 1. The summed E-state index contributed by atoms with van der Waals surface area (Å²) in [5, 5.41) is 0. The zero-order valence-electron chi connectivity index (χ0n) is 8.96. The fraction of sp³-hybridized carbons (Fsp3) is 0.900. The van der Waals surface area contributed by atoms with E-state index in [1.165, 1.54) is 25.7 Å². The van der Waals surface area contributed by atoms with Crippen LogP contribution in [0.1, 0.15) is 39.0 Å². The Hall–Kier alpha value is -0.610. The SMILES string of the molecule is CC1CCCCCN1CCC(=O)NN. The Morgan fingerprint density at radius 1 is 1.50 bits per heavy atom. The van der Waals surface area contributed by atoms with Crippen LogP contribution in [-0.2, 0) is 4.79 Å². The summed E-state index contributed by atoms with van der Waals surface area (Å²) in [6.45, 7) is 4.20. The average molecular weight is 199 g/mol. The predicted octanol–water partition coefficient (Wildman–Crippen LogP) is 0.631. The number of carbonyl (C=O) groups excluding carboxylic acids is 1. The molecule has 0 spiro atoms. The Morgan fingerprint density at radius 3 is 3.00 bits per heavy atom. The number of carbonyl (C=O) groups is 1. The van der Waals surface area contributed by atoms with Crippen LogP contribution in [0.2, 0.25) is 0 Å². The second kappa shape index (κ2) is 5.98. The number of nitrogens with zero attached hydrogens (tertiary/aromatic N) is 1. The van der Waals surface area contributed by atoms with Crippen molar-refractivity contribution in [2.45, 2.75) is 45.1 Å². The van der Waals surface area contributed by atoms with E-state index in [1.807, 2.05) is 0 Å². The van der Waals surface area contributed by atoms with E-state index in [4.69, 9.17) is 5.84 Å². The van der Waals surface area contributed by atoms with Gasteiger partial charge in [-0.15, -0.1) is 0 Å². The molecule has 4 heteroatoms. The van der Waals surface area contributed by atoms with Crippen molar-refractivity contribution >= 4 is 5.91 Å². The minimum Gasteiger partial charge on any atom is -0.300 e. The molecule has 0 aromatic rings. The van der Waals surface area contributed by atoms with E-state index in [9.17, 15) is 4.79 Å². The summed E-state index contributed by atoms with van der Waals surface area (Å²) in [5.74, 6) is 4.97. The average Bonchev–Trinajstić information content (AvgIpc) is 2.39. The number of rotatable bonds is 3. The Kier molecular flexibility index (Phi) is 4.90. The highest BCUT2D eigenvalue weighted by molar-refractivity contribution is 5.75. The summed E-state index contributed by atoms with van der Waals surface area (Å²) >= 11 is 0. The number of hydrogen-bond donors (Lipinski definition) is 2. The summed E-state index contributed by atoms with van der Waals surface area (Å²) in [6, 6.07) is 0.614. The molecule has 1 fully saturated rings. The van der Waals surface area contributed by atoms with Crippen LogP contribution in [0.5, 0.6) is 0 Å². The van der Waals surface area contributed by atoms with Gasteiger partial charge in [0.15, 0.2) is 0 Å². The van der Waals surface area contributed by atoms with Gasteiger partial charge in [-0.3, -0.25) is 10.2 Å². The highest BCUT2D eigenvalue weighted by Gasteiger charge is 2.16. The van der Waals surface area contributed by atoms with Crippen LogP contribution in [-0.4, -0.2) is 29.9 Å². The van der Waals surface area contributed by atoms with Gasteiger partial charge >= 0.3 is 0 Å². The van der Waals surface area contributed by atoms with Crippen molar-refractivity contribution in [3.05, 3.63) is 0 Å². The van der Waals surface area contributed by atoms with E-state index in [0.29, 0.717) is 12.5 Å². The first-order valence-corrected chi connectivity index (χ1v) is 5.47. The Morgan fingerprint density at radius 2 is 2.29 bits per heavy atom. The van der Waals surface area contributed by atoms with Crippen LogP contribution < -0.4 is 11.3 Å². The number of hydrogen-bond acceptors (Lipinski definition) is 3. The molecule has 1 aliphatic heterocycles. The second-order valence-electron chi connectivity index (χ2n) is 4.05. The van der Waals surface area contributed by atoms with Gasteiger partial charge in [0.2, 0.25) is 5.91 Å². The molecule has 0 aromatic carbocycles. The summed E-state index contributed by atoms with van der Waals surface area (Å²) in [5.41, 5.74) is 2.17. The summed E-state index contributed by atoms with van der Waals surface area (Å²) in [4.78, 5) is 13.4. The number of nitrogens with one attached hydrogen (secondary N) is 1. The maximum atomic E-state index is 11.0. The van der Waals surface area contributed by atoms with Crippen molar-refractivity contribution in [2.24, 2.45) is 5.84 Å². The lowest BCUT2D eigenvalue weighted by Gasteiger charge is -2.26. The Balaban J connectivity index is 2.29. The highest BCUT2D eigenvalue weighted by Crippen LogP contribution is 2.16. The molecular formula is C10H21N3O. The van der Waals surface area contributed by atoms with E-state index in [1.54, 1.807) is 0 Å². The first kappa shape index (κ1) is 11.5. The monoisotopic (exact) mass is 199 g/mol. The lowest BCUT2D eigenvalue weighted by molar-refractivity contribution is -0.121. The van der Waals surface area contributed by atoms with Crippen molar-refractivity contribution in [3.8, 4) is 0 Å². The van der Waals surface area contributed by atoms with Gasteiger partial charge in [0.1, 0.15) is 0 Å². The number of hydrazine groups is 1. The predicted molar refractivity (Wildman–Crippen MR) is 56.5 cm³/mol. The summed E-state index contributed by atoms with van der Waals surface area (Å²) in [7, 11) is 0. The molecule has 4 nitrogen and oxygen atoms in total. The fourth-order valence-corrected chi connectivity index (χ4v) is 1.98. The zero-order chi connectivity index (χ0) is 10.4. The molecule has 1 heterocycles. The highest BCUT2D eigenvalue weighted by atomic mass is 16.2. The molecule has 1 rings (SSSR count). The Labute approximate surface area is 85.8 Å². The lowest BCUT2D eigenvalue weighted by Crippen LogP contribution is -2.38. The molecule has 1 saturated heterocycles. The molecule has 14 heavy (non-hydrogen) atoms. The molecule has 0 aliphatic carbocycles. The molecule has 0 bridgehead atoms. The molecule has 1 unspecified atom stereocenters. The van der Waals surface area contributed by atoms with Crippen LogP contribution in [0.15, 0.2) is 0 Å². The third kappa shape index (κ3) is 3.64. The maximum Gasteiger partial charge on any atom is 0.235 e. The molecule has 3 N–H and O–H groups in total. The minimum atomic E-state index is -0.0681. The minimum absolute atomic E-state index is 0.0681.